The molecule has 0 atom stereocenters. The van der Waals surface area contributed by atoms with E-state index in [9.17, 15) is 8.42 Å². The quantitative estimate of drug-likeness (QED) is 0.807. The van der Waals surface area contributed by atoms with Gasteiger partial charge in [-0.25, -0.2) is 13.1 Å². The summed E-state index contributed by atoms with van der Waals surface area (Å²) < 4.78 is 31.9. The number of rotatable bonds is 7. The zero-order valence-electron chi connectivity index (χ0n) is 12.1. The minimum absolute atomic E-state index is 0.124. The molecule has 2 N–H and O–H groups in total. The summed E-state index contributed by atoms with van der Waals surface area (Å²) in [5.41, 5.74) is 0.666. The van der Waals surface area contributed by atoms with E-state index in [0.29, 0.717) is 11.5 Å². The van der Waals surface area contributed by atoms with E-state index >= 15 is 0 Å². The molecule has 0 unspecified atom stereocenters. The van der Waals surface area contributed by atoms with Gasteiger partial charge in [0, 0.05) is 18.8 Å². The molecule has 0 amide bonds. The lowest BCUT2D eigenvalue weighted by atomic mass is 10.1. The lowest BCUT2D eigenvalue weighted by molar-refractivity contribution is 0.158. The van der Waals surface area contributed by atoms with E-state index in [1.54, 1.807) is 31.4 Å². The van der Waals surface area contributed by atoms with Gasteiger partial charge in [-0.15, -0.1) is 0 Å². The molecule has 1 aromatic carbocycles. The molecule has 0 aromatic heterocycles. The molecule has 1 fully saturated rings. The molecule has 0 saturated heterocycles. The maximum Gasteiger partial charge on any atom is 0.240 e. The molecular formula is C14H22N2O3S. The van der Waals surface area contributed by atoms with Crippen LogP contribution in [-0.4, -0.2) is 33.7 Å². The van der Waals surface area contributed by atoms with Gasteiger partial charge in [-0.05, 0) is 51.0 Å². The van der Waals surface area contributed by atoms with Crippen molar-refractivity contribution < 1.29 is 13.2 Å². The number of hydrogen-bond donors (Lipinski definition) is 2. The van der Waals surface area contributed by atoms with Crippen LogP contribution in [0, 0.1) is 0 Å². The van der Waals surface area contributed by atoms with E-state index in [1.807, 2.05) is 13.8 Å². The maximum atomic E-state index is 12.0. The first-order valence-corrected chi connectivity index (χ1v) is 8.20. The van der Waals surface area contributed by atoms with E-state index in [2.05, 4.69) is 10.0 Å². The predicted octanol–water partition coefficient (Wildman–Crippen LogP) is 1.96. The Hall–Kier alpha value is -1.11. The average Bonchev–Trinajstić information content (AvgIpc) is 3.12. The van der Waals surface area contributed by atoms with Crippen molar-refractivity contribution in [3.05, 3.63) is 24.3 Å². The van der Waals surface area contributed by atoms with Gasteiger partial charge in [0.25, 0.3) is 0 Å². The topological polar surface area (TPSA) is 67.4 Å². The van der Waals surface area contributed by atoms with Gasteiger partial charge in [-0.1, -0.05) is 0 Å². The molecule has 2 rings (SSSR count). The Morgan fingerprint density at radius 3 is 2.35 bits per heavy atom. The standard InChI is InChI=1S/C14H22N2O3S/c1-14(2,10-19-3)15-11-6-8-13(9-7-11)20(17,18)16-12-4-5-12/h6-9,12,15-16H,4-5,10H2,1-3H3. The van der Waals surface area contributed by atoms with Crippen molar-refractivity contribution >= 4 is 15.7 Å². The number of methoxy groups -OCH3 is 1. The third kappa shape index (κ3) is 4.19. The van der Waals surface area contributed by atoms with Crippen molar-refractivity contribution in [2.75, 3.05) is 19.0 Å². The number of hydrogen-bond acceptors (Lipinski definition) is 4. The summed E-state index contributed by atoms with van der Waals surface area (Å²) in [6.45, 7) is 4.61. The van der Waals surface area contributed by atoms with Gasteiger partial charge in [0.05, 0.1) is 17.0 Å². The van der Waals surface area contributed by atoms with Gasteiger partial charge in [-0.2, -0.15) is 0 Å². The van der Waals surface area contributed by atoms with E-state index in [4.69, 9.17) is 4.74 Å². The second-order valence-electron chi connectivity index (χ2n) is 5.86. The van der Waals surface area contributed by atoms with E-state index in [0.717, 1.165) is 18.5 Å². The summed E-state index contributed by atoms with van der Waals surface area (Å²) in [5.74, 6) is 0. The average molecular weight is 298 g/mol. The highest BCUT2D eigenvalue weighted by Crippen LogP contribution is 2.23. The summed E-state index contributed by atoms with van der Waals surface area (Å²) in [6, 6.07) is 6.92. The van der Waals surface area contributed by atoms with Crippen molar-refractivity contribution in [2.24, 2.45) is 0 Å². The fourth-order valence-electron chi connectivity index (χ4n) is 1.99. The van der Waals surface area contributed by atoms with Crippen LogP contribution in [0.25, 0.3) is 0 Å². The van der Waals surface area contributed by atoms with Crippen LogP contribution in [-0.2, 0) is 14.8 Å². The Bertz CT molecular complexity index is 548. The molecule has 1 aliphatic carbocycles. The van der Waals surface area contributed by atoms with Crippen LogP contribution in [0.2, 0.25) is 0 Å². The third-order valence-electron chi connectivity index (χ3n) is 3.05. The zero-order chi connectivity index (χ0) is 14.8. The summed E-state index contributed by atoms with van der Waals surface area (Å²) in [5, 5.41) is 3.31. The van der Waals surface area contributed by atoms with Crippen molar-refractivity contribution in [3.63, 3.8) is 0 Å². The van der Waals surface area contributed by atoms with Crippen LogP contribution in [0.4, 0.5) is 5.69 Å². The lowest BCUT2D eigenvalue weighted by Crippen LogP contribution is -2.35. The highest BCUT2D eigenvalue weighted by molar-refractivity contribution is 7.89. The van der Waals surface area contributed by atoms with Crippen LogP contribution in [0.15, 0.2) is 29.2 Å². The number of anilines is 1. The van der Waals surface area contributed by atoms with Crippen molar-refractivity contribution in [1.82, 2.24) is 4.72 Å². The van der Waals surface area contributed by atoms with Crippen molar-refractivity contribution in [2.45, 2.75) is 43.2 Å². The fourth-order valence-corrected chi connectivity index (χ4v) is 3.30. The van der Waals surface area contributed by atoms with Gasteiger partial charge in [0.15, 0.2) is 0 Å². The number of ether oxygens (including phenoxy) is 1. The molecule has 6 heteroatoms. The normalized spacial score (nSPS) is 16.1. The summed E-state index contributed by atoms with van der Waals surface area (Å²) >= 11 is 0. The number of benzene rings is 1. The Labute approximate surface area is 120 Å². The Morgan fingerprint density at radius 1 is 1.25 bits per heavy atom. The summed E-state index contributed by atoms with van der Waals surface area (Å²) in [6.07, 6.45) is 1.87. The Balaban J connectivity index is 2.06. The SMILES string of the molecule is COCC(C)(C)Nc1ccc(S(=O)(=O)NC2CC2)cc1. The molecular weight excluding hydrogens is 276 g/mol. The van der Waals surface area contributed by atoms with E-state index in [-0.39, 0.29) is 11.6 Å². The minimum atomic E-state index is -3.37. The molecule has 0 aliphatic heterocycles. The monoisotopic (exact) mass is 298 g/mol. The molecule has 1 aromatic rings. The van der Waals surface area contributed by atoms with Crippen molar-refractivity contribution in [1.29, 1.82) is 0 Å². The first kappa shape index (κ1) is 15.3. The molecule has 5 nitrogen and oxygen atoms in total. The van der Waals surface area contributed by atoms with Gasteiger partial charge in [0.1, 0.15) is 0 Å². The second-order valence-corrected chi connectivity index (χ2v) is 7.58. The van der Waals surface area contributed by atoms with Crippen LogP contribution >= 0.6 is 0 Å². The summed E-state index contributed by atoms with van der Waals surface area (Å²) in [4.78, 5) is 0.305. The number of nitrogens with one attached hydrogen (secondary N) is 2. The van der Waals surface area contributed by atoms with Crippen LogP contribution in [0.3, 0.4) is 0 Å². The van der Waals surface area contributed by atoms with Gasteiger partial charge < -0.3 is 10.1 Å². The van der Waals surface area contributed by atoms with Gasteiger partial charge >= 0.3 is 0 Å². The fraction of sp³-hybridized carbons (Fsp3) is 0.571. The first-order valence-electron chi connectivity index (χ1n) is 6.72. The van der Waals surface area contributed by atoms with Crippen LogP contribution < -0.4 is 10.0 Å². The lowest BCUT2D eigenvalue weighted by Gasteiger charge is -2.26. The molecule has 1 aliphatic rings. The predicted molar refractivity (Wildman–Crippen MR) is 79.4 cm³/mol. The van der Waals surface area contributed by atoms with E-state index < -0.39 is 10.0 Å². The molecule has 0 bridgehead atoms. The van der Waals surface area contributed by atoms with Gasteiger partial charge in [0.2, 0.25) is 10.0 Å². The maximum absolute atomic E-state index is 12.0. The second kappa shape index (κ2) is 5.71. The highest BCUT2D eigenvalue weighted by Gasteiger charge is 2.28. The molecule has 0 radical (unpaired) electrons. The molecule has 0 heterocycles. The van der Waals surface area contributed by atoms with Crippen LogP contribution in [0.1, 0.15) is 26.7 Å². The Kier molecular flexibility index (Phi) is 4.36. The van der Waals surface area contributed by atoms with Crippen molar-refractivity contribution in [3.8, 4) is 0 Å². The third-order valence-corrected chi connectivity index (χ3v) is 4.59. The minimum Gasteiger partial charge on any atom is -0.382 e. The Morgan fingerprint density at radius 2 is 1.85 bits per heavy atom. The van der Waals surface area contributed by atoms with Crippen LogP contribution in [0.5, 0.6) is 0 Å². The molecule has 1 saturated carbocycles. The molecule has 0 spiro atoms. The smallest absolute Gasteiger partial charge is 0.240 e. The highest BCUT2D eigenvalue weighted by atomic mass is 32.2. The number of sulfonamides is 1. The molecule has 20 heavy (non-hydrogen) atoms. The zero-order valence-corrected chi connectivity index (χ0v) is 13.0. The van der Waals surface area contributed by atoms with E-state index in [1.165, 1.54) is 0 Å². The summed E-state index contributed by atoms with van der Waals surface area (Å²) in [7, 11) is -1.71. The first-order chi connectivity index (χ1) is 9.32. The largest absolute Gasteiger partial charge is 0.382 e. The van der Waals surface area contributed by atoms with Gasteiger partial charge in [-0.3, -0.25) is 0 Å². The molecule has 112 valence electrons.